The highest BCUT2D eigenvalue weighted by atomic mass is 16.3. The van der Waals surface area contributed by atoms with Gasteiger partial charge in [0.15, 0.2) is 0 Å². The van der Waals surface area contributed by atoms with Crippen LogP contribution in [0.3, 0.4) is 0 Å². The van der Waals surface area contributed by atoms with E-state index in [9.17, 15) is 0 Å². The molecule has 16 heavy (non-hydrogen) atoms. The van der Waals surface area contributed by atoms with Crippen LogP contribution in [-0.4, -0.2) is 0 Å². The van der Waals surface area contributed by atoms with E-state index in [1.807, 2.05) is 6.07 Å². The minimum Gasteiger partial charge on any atom is -0.461 e. The number of rotatable bonds is 1. The maximum atomic E-state index is 6.02. The Hall–Kier alpha value is -1.50. The maximum Gasteiger partial charge on any atom is 0.137 e. The summed E-state index contributed by atoms with van der Waals surface area (Å²) in [7, 11) is 0. The third-order valence-electron chi connectivity index (χ3n) is 3.47. The molecule has 0 atom stereocenters. The molecule has 1 aliphatic rings. The monoisotopic (exact) mass is 212 g/mol. The lowest BCUT2D eigenvalue weighted by Crippen LogP contribution is -1.99. The molecule has 0 bridgehead atoms. The molecule has 0 N–H and O–H groups in total. The van der Waals surface area contributed by atoms with E-state index in [0.29, 0.717) is 0 Å². The van der Waals surface area contributed by atoms with Crippen LogP contribution in [0.2, 0.25) is 0 Å². The Kier molecular flexibility index (Phi) is 2.32. The van der Waals surface area contributed by atoms with Crippen molar-refractivity contribution in [1.82, 2.24) is 0 Å². The van der Waals surface area contributed by atoms with Crippen LogP contribution in [0.4, 0.5) is 0 Å². The topological polar surface area (TPSA) is 13.1 Å². The predicted octanol–water partition coefficient (Wildman–Crippen LogP) is 4.13. The molecule has 0 fully saturated rings. The largest absolute Gasteiger partial charge is 0.461 e. The van der Waals surface area contributed by atoms with Gasteiger partial charge in [-0.05, 0) is 37.3 Å². The smallest absolute Gasteiger partial charge is 0.137 e. The Bertz CT molecular complexity index is 494. The molecule has 0 aliphatic heterocycles. The molecular weight excluding hydrogens is 196 g/mol. The van der Waals surface area contributed by atoms with E-state index in [2.05, 4.69) is 31.2 Å². The summed E-state index contributed by atoms with van der Waals surface area (Å²) in [5.74, 6) is 2.30. The molecule has 1 nitrogen and oxygen atoms in total. The van der Waals surface area contributed by atoms with Gasteiger partial charge in [-0.25, -0.2) is 0 Å². The van der Waals surface area contributed by atoms with Gasteiger partial charge in [0.1, 0.15) is 11.5 Å². The second-order valence-electron chi connectivity index (χ2n) is 4.53. The first-order valence-electron chi connectivity index (χ1n) is 6.03. The lowest BCUT2D eigenvalue weighted by atomic mass is 9.94. The van der Waals surface area contributed by atoms with E-state index in [0.717, 1.165) is 12.2 Å². The summed E-state index contributed by atoms with van der Waals surface area (Å²) in [5.41, 5.74) is 4.01. The highest BCUT2D eigenvalue weighted by Crippen LogP contribution is 2.34. The summed E-state index contributed by atoms with van der Waals surface area (Å²) < 4.78 is 6.02. The first kappa shape index (κ1) is 9.71. The van der Waals surface area contributed by atoms with Crippen LogP contribution in [0.15, 0.2) is 34.7 Å². The summed E-state index contributed by atoms with van der Waals surface area (Å²) in [4.78, 5) is 0. The summed E-state index contributed by atoms with van der Waals surface area (Å²) in [6.07, 6.45) is 4.89. The van der Waals surface area contributed by atoms with Gasteiger partial charge in [-0.2, -0.15) is 0 Å². The number of furan rings is 1. The molecule has 0 amide bonds. The van der Waals surface area contributed by atoms with E-state index < -0.39 is 0 Å². The fraction of sp³-hybridized carbons (Fsp3) is 0.333. The van der Waals surface area contributed by atoms with Gasteiger partial charge in [0.25, 0.3) is 0 Å². The first-order chi connectivity index (χ1) is 7.86. The lowest BCUT2D eigenvalue weighted by Gasteiger charge is -2.08. The average Bonchev–Trinajstić information content (AvgIpc) is 2.69. The fourth-order valence-corrected chi connectivity index (χ4v) is 2.59. The number of benzene rings is 1. The molecular formula is C15H16O. The number of hydrogen-bond donors (Lipinski definition) is 0. The first-order valence-corrected chi connectivity index (χ1v) is 6.03. The molecule has 0 saturated heterocycles. The summed E-state index contributed by atoms with van der Waals surface area (Å²) in [5, 5.41) is 0. The van der Waals surface area contributed by atoms with Gasteiger partial charge in [-0.1, -0.05) is 30.3 Å². The standard InChI is InChI=1S/C15H16O/c1-11-13-9-5-6-10-14(13)16-15(11)12-7-3-2-4-8-12/h2-4,7-8H,5-6,9-10H2,1H3. The minimum atomic E-state index is 1.08. The van der Waals surface area contributed by atoms with Crippen molar-refractivity contribution < 1.29 is 4.42 Å². The maximum absolute atomic E-state index is 6.02. The van der Waals surface area contributed by atoms with Gasteiger partial charge in [0.2, 0.25) is 0 Å². The van der Waals surface area contributed by atoms with Crippen LogP contribution in [0.25, 0.3) is 11.3 Å². The van der Waals surface area contributed by atoms with Crippen molar-refractivity contribution in [3.63, 3.8) is 0 Å². The Labute approximate surface area is 96.1 Å². The Morgan fingerprint density at radius 1 is 1.00 bits per heavy atom. The summed E-state index contributed by atoms with van der Waals surface area (Å²) in [6.45, 7) is 2.19. The second kappa shape index (κ2) is 3.82. The fourth-order valence-electron chi connectivity index (χ4n) is 2.59. The van der Waals surface area contributed by atoms with Gasteiger partial charge in [-0.3, -0.25) is 0 Å². The van der Waals surface area contributed by atoms with Crippen LogP contribution in [0, 0.1) is 6.92 Å². The highest BCUT2D eigenvalue weighted by molar-refractivity contribution is 5.63. The molecule has 2 aromatic rings. The predicted molar refractivity (Wildman–Crippen MR) is 65.5 cm³/mol. The van der Waals surface area contributed by atoms with Crippen molar-refractivity contribution in [3.05, 3.63) is 47.2 Å². The third-order valence-corrected chi connectivity index (χ3v) is 3.47. The van der Waals surface area contributed by atoms with Crippen LogP contribution in [0.5, 0.6) is 0 Å². The van der Waals surface area contributed by atoms with Gasteiger partial charge < -0.3 is 4.42 Å². The number of fused-ring (bicyclic) bond motifs is 1. The van der Waals surface area contributed by atoms with Crippen LogP contribution in [-0.2, 0) is 12.8 Å². The summed E-state index contributed by atoms with van der Waals surface area (Å²) in [6, 6.07) is 10.4. The molecule has 1 heteroatoms. The second-order valence-corrected chi connectivity index (χ2v) is 4.53. The number of aryl methyl sites for hydroxylation is 1. The lowest BCUT2D eigenvalue weighted by molar-refractivity contribution is 0.487. The zero-order valence-electron chi connectivity index (χ0n) is 9.62. The summed E-state index contributed by atoms with van der Waals surface area (Å²) >= 11 is 0. The average molecular weight is 212 g/mol. The van der Waals surface area contributed by atoms with E-state index in [1.54, 1.807) is 0 Å². The zero-order chi connectivity index (χ0) is 11.0. The van der Waals surface area contributed by atoms with Crippen molar-refractivity contribution in [2.24, 2.45) is 0 Å². The van der Waals surface area contributed by atoms with Gasteiger partial charge >= 0.3 is 0 Å². The van der Waals surface area contributed by atoms with Crippen LogP contribution >= 0.6 is 0 Å². The van der Waals surface area contributed by atoms with Crippen molar-refractivity contribution in [1.29, 1.82) is 0 Å². The molecule has 3 rings (SSSR count). The van der Waals surface area contributed by atoms with E-state index in [1.165, 1.54) is 41.7 Å². The molecule has 82 valence electrons. The Balaban J connectivity index is 2.12. The van der Waals surface area contributed by atoms with Crippen molar-refractivity contribution in [3.8, 4) is 11.3 Å². The minimum absolute atomic E-state index is 1.08. The number of hydrogen-bond acceptors (Lipinski definition) is 1. The third kappa shape index (κ3) is 1.47. The normalized spacial score (nSPS) is 14.8. The van der Waals surface area contributed by atoms with Gasteiger partial charge in [0.05, 0.1) is 0 Å². The molecule has 0 spiro atoms. The van der Waals surface area contributed by atoms with Crippen LogP contribution < -0.4 is 0 Å². The van der Waals surface area contributed by atoms with Crippen molar-refractivity contribution in [2.45, 2.75) is 32.6 Å². The van der Waals surface area contributed by atoms with Gasteiger partial charge in [-0.15, -0.1) is 0 Å². The zero-order valence-corrected chi connectivity index (χ0v) is 9.62. The molecule has 0 unspecified atom stereocenters. The quantitative estimate of drug-likeness (QED) is 0.692. The van der Waals surface area contributed by atoms with Crippen LogP contribution in [0.1, 0.15) is 29.7 Å². The Morgan fingerprint density at radius 2 is 1.75 bits per heavy atom. The van der Waals surface area contributed by atoms with Crippen molar-refractivity contribution >= 4 is 0 Å². The molecule has 1 aromatic carbocycles. The van der Waals surface area contributed by atoms with E-state index in [4.69, 9.17) is 4.42 Å². The van der Waals surface area contributed by atoms with E-state index >= 15 is 0 Å². The highest BCUT2D eigenvalue weighted by Gasteiger charge is 2.20. The molecule has 0 saturated carbocycles. The molecule has 0 radical (unpaired) electrons. The van der Waals surface area contributed by atoms with Crippen molar-refractivity contribution in [2.75, 3.05) is 0 Å². The van der Waals surface area contributed by atoms with Gasteiger partial charge in [0, 0.05) is 12.0 Å². The molecule has 1 heterocycles. The van der Waals surface area contributed by atoms with E-state index in [-0.39, 0.29) is 0 Å². The Morgan fingerprint density at radius 3 is 2.50 bits per heavy atom. The SMILES string of the molecule is Cc1c(-c2ccccc2)oc2c1CCCC2. The molecule has 1 aromatic heterocycles. The molecule has 1 aliphatic carbocycles.